The molecule has 0 fully saturated rings. The van der Waals surface area contributed by atoms with Crippen LogP contribution >= 0.6 is 0 Å². The van der Waals surface area contributed by atoms with E-state index in [4.69, 9.17) is 9.84 Å². The lowest BCUT2D eigenvalue weighted by Crippen LogP contribution is -2.10. The number of carboxylic acids is 1. The molecule has 20 heavy (non-hydrogen) atoms. The lowest BCUT2D eigenvalue weighted by molar-refractivity contribution is 0.0696. The standard InChI is InChI=1S/C16H17NO3/c1-16(2,3)12-5-7-13(8-6-12)20-14-9-4-11(10-17-14)15(18)19/h4-10H,1-3H3,(H,18,19). The van der Waals surface area contributed by atoms with Crippen LogP contribution in [0.25, 0.3) is 0 Å². The van der Waals surface area contributed by atoms with Crippen molar-refractivity contribution in [2.45, 2.75) is 26.2 Å². The SMILES string of the molecule is CC(C)(C)c1ccc(Oc2ccc(C(=O)O)cn2)cc1. The molecule has 0 unspecified atom stereocenters. The molecule has 104 valence electrons. The number of aromatic nitrogens is 1. The monoisotopic (exact) mass is 271 g/mol. The summed E-state index contributed by atoms with van der Waals surface area (Å²) in [6.45, 7) is 6.44. The predicted octanol–water partition coefficient (Wildman–Crippen LogP) is 3.87. The van der Waals surface area contributed by atoms with Gasteiger partial charge in [0.15, 0.2) is 0 Å². The van der Waals surface area contributed by atoms with E-state index >= 15 is 0 Å². The summed E-state index contributed by atoms with van der Waals surface area (Å²) in [6, 6.07) is 10.8. The minimum Gasteiger partial charge on any atom is -0.478 e. The molecule has 0 bridgehead atoms. The highest BCUT2D eigenvalue weighted by Crippen LogP contribution is 2.26. The molecule has 0 amide bonds. The molecule has 2 aromatic rings. The summed E-state index contributed by atoms with van der Waals surface area (Å²) in [7, 11) is 0. The van der Waals surface area contributed by atoms with E-state index < -0.39 is 5.97 Å². The number of pyridine rings is 1. The third kappa shape index (κ3) is 3.35. The van der Waals surface area contributed by atoms with Crippen LogP contribution < -0.4 is 4.74 Å². The second-order valence-electron chi connectivity index (χ2n) is 5.57. The smallest absolute Gasteiger partial charge is 0.337 e. The summed E-state index contributed by atoms with van der Waals surface area (Å²) in [5.41, 5.74) is 1.46. The normalized spacial score (nSPS) is 11.2. The van der Waals surface area contributed by atoms with E-state index in [9.17, 15) is 4.79 Å². The third-order valence-electron chi connectivity index (χ3n) is 2.93. The summed E-state index contributed by atoms with van der Waals surface area (Å²) in [5, 5.41) is 8.79. The number of aromatic carboxylic acids is 1. The Morgan fingerprint density at radius 3 is 2.20 bits per heavy atom. The van der Waals surface area contributed by atoms with Crippen molar-refractivity contribution in [2.24, 2.45) is 0 Å². The molecule has 2 rings (SSSR count). The molecule has 0 atom stereocenters. The minimum absolute atomic E-state index is 0.0971. The second kappa shape index (κ2) is 5.33. The lowest BCUT2D eigenvalue weighted by Gasteiger charge is -2.19. The van der Waals surface area contributed by atoms with Gasteiger partial charge >= 0.3 is 5.97 Å². The Bertz CT molecular complexity index is 595. The van der Waals surface area contributed by atoms with Gasteiger partial charge in [0.05, 0.1) is 5.56 Å². The van der Waals surface area contributed by atoms with E-state index in [1.165, 1.54) is 17.8 Å². The van der Waals surface area contributed by atoms with Crippen molar-refractivity contribution in [3.63, 3.8) is 0 Å². The highest BCUT2D eigenvalue weighted by molar-refractivity contribution is 5.87. The number of rotatable bonds is 3. The minimum atomic E-state index is -1.00. The van der Waals surface area contributed by atoms with E-state index in [1.54, 1.807) is 6.07 Å². The van der Waals surface area contributed by atoms with Crippen molar-refractivity contribution in [3.8, 4) is 11.6 Å². The van der Waals surface area contributed by atoms with Crippen molar-refractivity contribution in [3.05, 3.63) is 53.7 Å². The molecule has 0 saturated carbocycles. The van der Waals surface area contributed by atoms with Crippen molar-refractivity contribution < 1.29 is 14.6 Å². The molecular weight excluding hydrogens is 254 g/mol. The number of nitrogens with zero attached hydrogens (tertiary/aromatic N) is 1. The van der Waals surface area contributed by atoms with Gasteiger partial charge in [-0.3, -0.25) is 0 Å². The quantitative estimate of drug-likeness (QED) is 0.920. The Labute approximate surface area is 118 Å². The first-order valence-corrected chi connectivity index (χ1v) is 6.34. The molecule has 1 aromatic carbocycles. The van der Waals surface area contributed by atoms with Crippen LogP contribution in [-0.4, -0.2) is 16.1 Å². The van der Waals surface area contributed by atoms with E-state index in [0.717, 1.165) is 0 Å². The van der Waals surface area contributed by atoms with Gasteiger partial charge in [-0.2, -0.15) is 0 Å². The van der Waals surface area contributed by atoms with Crippen LogP contribution in [0.3, 0.4) is 0 Å². The summed E-state index contributed by atoms with van der Waals surface area (Å²) in [5.74, 6) is 0.0469. The van der Waals surface area contributed by atoms with Crippen LogP contribution in [0.2, 0.25) is 0 Å². The van der Waals surface area contributed by atoms with Crippen LogP contribution in [0.1, 0.15) is 36.7 Å². The third-order valence-corrected chi connectivity index (χ3v) is 2.93. The van der Waals surface area contributed by atoms with Gasteiger partial charge < -0.3 is 9.84 Å². The number of carboxylic acid groups (broad SMARTS) is 1. The van der Waals surface area contributed by atoms with Crippen LogP contribution in [0, 0.1) is 0 Å². The van der Waals surface area contributed by atoms with Gasteiger partial charge in [-0.25, -0.2) is 9.78 Å². The molecule has 1 heterocycles. The van der Waals surface area contributed by atoms with Gasteiger partial charge in [0, 0.05) is 12.3 Å². The molecule has 1 aromatic heterocycles. The van der Waals surface area contributed by atoms with Gasteiger partial charge in [0.1, 0.15) is 5.75 Å². The van der Waals surface area contributed by atoms with Crippen LogP contribution in [-0.2, 0) is 5.41 Å². The molecule has 0 radical (unpaired) electrons. The van der Waals surface area contributed by atoms with Crippen molar-refractivity contribution in [2.75, 3.05) is 0 Å². The van der Waals surface area contributed by atoms with Gasteiger partial charge in [-0.15, -0.1) is 0 Å². The maximum Gasteiger partial charge on any atom is 0.337 e. The first-order valence-electron chi connectivity index (χ1n) is 6.34. The molecule has 0 aliphatic heterocycles. The predicted molar refractivity (Wildman–Crippen MR) is 76.4 cm³/mol. The van der Waals surface area contributed by atoms with E-state index in [0.29, 0.717) is 11.6 Å². The van der Waals surface area contributed by atoms with Gasteiger partial charge in [0.2, 0.25) is 5.88 Å². The topological polar surface area (TPSA) is 59.4 Å². The Hall–Kier alpha value is -2.36. The molecular formula is C16H17NO3. The van der Waals surface area contributed by atoms with Crippen molar-refractivity contribution >= 4 is 5.97 Å². The largest absolute Gasteiger partial charge is 0.478 e. The van der Waals surface area contributed by atoms with Gasteiger partial charge in [0.25, 0.3) is 0 Å². The number of hydrogen-bond acceptors (Lipinski definition) is 3. The lowest BCUT2D eigenvalue weighted by atomic mass is 9.87. The highest BCUT2D eigenvalue weighted by atomic mass is 16.5. The number of ether oxygens (including phenoxy) is 1. The molecule has 0 spiro atoms. The fourth-order valence-corrected chi connectivity index (χ4v) is 1.71. The van der Waals surface area contributed by atoms with Crippen LogP contribution in [0.15, 0.2) is 42.6 Å². The Morgan fingerprint density at radius 1 is 1.10 bits per heavy atom. The average molecular weight is 271 g/mol. The molecule has 4 nitrogen and oxygen atoms in total. The second-order valence-corrected chi connectivity index (χ2v) is 5.57. The number of hydrogen-bond donors (Lipinski definition) is 1. The zero-order valence-corrected chi connectivity index (χ0v) is 11.8. The first kappa shape index (κ1) is 14.1. The summed E-state index contributed by atoms with van der Waals surface area (Å²) in [6.07, 6.45) is 1.28. The molecule has 4 heteroatoms. The highest BCUT2D eigenvalue weighted by Gasteiger charge is 2.13. The van der Waals surface area contributed by atoms with Crippen LogP contribution in [0.4, 0.5) is 0 Å². The zero-order valence-electron chi connectivity index (χ0n) is 11.8. The van der Waals surface area contributed by atoms with Crippen LogP contribution in [0.5, 0.6) is 11.6 Å². The van der Waals surface area contributed by atoms with Crippen molar-refractivity contribution in [1.29, 1.82) is 0 Å². The van der Waals surface area contributed by atoms with Crippen molar-refractivity contribution in [1.82, 2.24) is 4.98 Å². The fraction of sp³-hybridized carbons (Fsp3) is 0.250. The van der Waals surface area contributed by atoms with E-state index in [2.05, 4.69) is 25.8 Å². The first-order chi connectivity index (χ1) is 9.36. The summed E-state index contributed by atoms with van der Waals surface area (Å²) >= 11 is 0. The molecule has 0 saturated heterocycles. The average Bonchev–Trinajstić information content (AvgIpc) is 2.39. The number of benzene rings is 1. The van der Waals surface area contributed by atoms with E-state index in [1.807, 2.05) is 24.3 Å². The fourth-order valence-electron chi connectivity index (χ4n) is 1.71. The Kier molecular flexibility index (Phi) is 3.74. The number of carbonyl (C=O) groups is 1. The van der Waals surface area contributed by atoms with E-state index in [-0.39, 0.29) is 11.0 Å². The van der Waals surface area contributed by atoms with Gasteiger partial charge in [-0.1, -0.05) is 32.9 Å². The molecule has 0 aliphatic rings. The summed E-state index contributed by atoms with van der Waals surface area (Å²) < 4.78 is 5.58. The van der Waals surface area contributed by atoms with Gasteiger partial charge in [-0.05, 0) is 29.2 Å². The maximum absolute atomic E-state index is 10.7. The molecule has 0 aliphatic carbocycles. The zero-order chi connectivity index (χ0) is 14.8. The summed E-state index contributed by atoms with van der Waals surface area (Å²) in [4.78, 5) is 14.7. The maximum atomic E-state index is 10.7. The Balaban J connectivity index is 2.12. The molecule has 1 N–H and O–H groups in total. The Morgan fingerprint density at radius 2 is 1.75 bits per heavy atom.